The molecule has 0 aromatic heterocycles. The van der Waals surface area contributed by atoms with E-state index < -0.39 is 0 Å². The van der Waals surface area contributed by atoms with Gasteiger partial charge in [-0.1, -0.05) is 0 Å². The van der Waals surface area contributed by atoms with Gasteiger partial charge in [0, 0.05) is 58.9 Å². The summed E-state index contributed by atoms with van der Waals surface area (Å²) in [7, 11) is 4.22. The highest BCUT2D eigenvalue weighted by atomic mass is 16.6. The Morgan fingerprint density at radius 3 is 2.00 bits per heavy atom. The van der Waals surface area contributed by atoms with Crippen LogP contribution in [0.4, 0.5) is 4.79 Å². The van der Waals surface area contributed by atoms with Crippen LogP contribution in [0.15, 0.2) is 0 Å². The molecule has 6 heteroatoms. The highest BCUT2D eigenvalue weighted by Gasteiger charge is 2.20. The molecule has 0 atom stereocenters. The van der Waals surface area contributed by atoms with Gasteiger partial charge in [0.15, 0.2) is 0 Å². The summed E-state index contributed by atoms with van der Waals surface area (Å²) < 4.78 is 5.36. The van der Waals surface area contributed by atoms with E-state index in [2.05, 4.69) is 28.8 Å². The number of amides is 1. The highest BCUT2D eigenvalue weighted by Crippen LogP contribution is 2.03. The Labute approximate surface area is 115 Å². The molecule has 1 amide bonds. The first kappa shape index (κ1) is 14.6. The van der Waals surface area contributed by atoms with E-state index in [1.807, 2.05) is 4.90 Å². The molecule has 0 spiro atoms. The van der Waals surface area contributed by atoms with E-state index in [9.17, 15) is 4.79 Å². The Kier molecular flexibility index (Phi) is 5.42. The van der Waals surface area contributed by atoms with Crippen LogP contribution in [-0.4, -0.2) is 105 Å². The smallest absolute Gasteiger partial charge is 0.409 e. The van der Waals surface area contributed by atoms with Crippen LogP contribution < -0.4 is 0 Å². The van der Waals surface area contributed by atoms with E-state index in [4.69, 9.17) is 4.74 Å². The number of nitrogens with zero attached hydrogens (tertiary/aromatic N) is 4. The molecule has 0 radical (unpaired) electrons. The number of rotatable bonds is 3. The van der Waals surface area contributed by atoms with Crippen molar-refractivity contribution in [3.8, 4) is 0 Å². The van der Waals surface area contributed by atoms with Crippen LogP contribution in [0.3, 0.4) is 0 Å². The monoisotopic (exact) mass is 270 g/mol. The average molecular weight is 270 g/mol. The van der Waals surface area contributed by atoms with E-state index in [1.165, 1.54) is 0 Å². The second-order valence-corrected chi connectivity index (χ2v) is 5.55. The van der Waals surface area contributed by atoms with Crippen molar-refractivity contribution in [2.24, 2.45) is 0 Å². The number of ether oxygens (including phenoxy) is 1. The fourth-order valence-corrected chi connectivity index (χ4v) is 2.41. The zero-order valence-electron chi connectivity index (χ0n) is 12.2. The SMILES string of the molecule is CN1CCN(CCOC(=O)N2CCN(C)CC2)CC1. The van der Waals surface area contributed by atoms with Crippen molar-refractivity contribution in [3.63, 3.8) is 0 Å². The van der Waals surface area contributed by atoms with Crippen LogP contribution in [0, 0.1) is 0 Å². The van der Waals surface area contributed by atoms with E-state index >= 15 is 0 Å². The van der Waals surface area contributed by atoms with Gasteiger partial charge < -0.3 is 19.4 Å². The minimum Gasteiger partial charge on any atom is -0.448 e. The Bertz CT molecular complexity index is 284. The molecule has 0 aromatic rings. The van der Waals surface area contributed by atoms with Gasteiger partial charge in [-0.25, -0.2) is 4.79 Å². The van der Waals surface area contributed by atoms with E-state index in [0.717, 1.165) is 58.9 Å². The second kappa shape index (κ2) is 7.07. The molecule has 0 N–H and O–H groups in total. The van der Waals surface area contributed by atoms with Gasteiger partial charge in [0.05, 0.1) is 0 Å². The number of piperazine rings is 2. The summed E-state index contributed by atoms with van der Waals surface area (Å²) in [5.41, 5.74) is 0. The fraction of sp³-hybridized carbons (Fsp3) is 0.923. The molecule has 2 fully saturated rings. The third-order valence-corrected chi connectivity index (χ3v) is 3.99. The highest BCUT2D eigenvalue weighted by molar-refractivity contribution is 5.67. The Morgan fingerprint density at radius 2 is 1.42 bits per heavy atom. The summed E-state index contributed by atoms with van der Waals surface area (Å²) in [5.74, 6) is 0. The summed E-state index contributed by atoms with van der Waals surface area (Å²) in [4.78, 5) is 20.6. The molecular formula is C13H26N4O2. The second-order valence-electron chi connectivity index (χ2n) is 5.55. The lowest BCUT2D eigenvalue weighted by Crippen LogP contribution is -2.48. The van der Waals surface area contributed by atoms with E-state index in [1.54, 1.807) is 0 Å². The number of likely N-dealkylation sites (N-methyl/N-ethyl adjacent to an activating group) is 2. The molecule has 2 heterocycles. The molecule has 0 bridgehead atoms. The minimum atomic E-state index is -0.151. The first-order valence-corrected chi connectivity index (χ1v) is 7.16. The van der Waals surface area contributed by atoms with Gasteiger partial charge in [0.25, 0.3) is 0 Å². The van der Waals surface area contributed by atoms with Gasteiger partial charge >= 0.3 is 6.09 Å². The predicted molar refractivity (Wildman–Crippen MR) is 74.4 cm³/mol. The predicted octanol–water partition coefficient (Wildman–Crippen LogP) is -0.382. The largest absolute Gasteiger partial charge is 0.448 e. The third kappa shape index (κ3) is 4.63. The Morgan fingerprint density at radius 1 is 0.895 bits per heavy atom. The molecule has 2 aliphatic rings. The lowest BCUT2D eigenvalue weighted by atomic mass is 10.3. The summed E-state index contributed by atoms with van der Waals surface area (Å²) in [6, 6.07) is 0. The summed E-state index contributed by atoms with van der Waals surface area (Å²) in [5, 5.41) is 0. The van der Waals surface area contributed by atoms with E-state index in [0.29, 0.717) is 6.61 Å². The zero-order valence-corrected chi connectivity index (χ0v) is 12.2. The molecule has 2 rings (SSSR count). The first-order chi connectivity index (χ1) is 9.15. The molecular weight excluding hydrogens is 244 g/mol. The van der Waals surface area contributed by atoms with Crippen molar-refractivity contribution in [1.29, 1.82) is 0 Å². The molecule has 2 aliphatic heterocycles. The fourth-order valence-electron chi connectivity index (χ4n) is 2.41. The molecule has 2 saturated heterocycles. The number of carbonyl (C=O) groups is 1. The average Bonchev–Trinajstić information content (AvgIpc) is 2.41. The van der Waals surface area contributed by atoms with Crippen LogP contribution in [0.1, 0.15) is 0 Å². The first-order valence-electron chi connectivity index (χ1n) is 7.16. The number of hydrogen-bond donors (Lipinski definition) is 0. The molecule has 0 unspecified atom stereocenters. The minimum absolute atomic E-state index is 0.151. The van der Waals surface area contributed by atoms with Crippen molar-refractivity contribution in [2.75, 3.05) is 79.6 Å². The molecule has 0 saturated carbocycles. The summed E-state index contributed by atoms with van der Waals surface area (Å²) in [6.07, 6.45) is -0.151. The van der Waals surface area contributed by atoms with Gasteiger partial charge in [0.1, 0.15) is 6.61 Å². The molecule has 19 heavy (non-hydrogen) atoms. The standard InChI is InChI=1S/C13H26N4O2/c1-14-3-7-16(8-4-14)11-12-19-13(18)17-9-5-15(2)6-10-17/h3-12H2,1-2H3. The zero-order chi connectivity index (χ0) is 13.7. The van der Waals surface area contributed by atoms with Gasteiger partial charge in [-0.3, -0.25) is 4.90 Å². The molecule has 6 nitrogen and oxygen atoms in total. The van der Waals surface area contributed by atoms with Crippen LogP contribution >= 0.6 is 0 Å². The molecule has 0 aromatic carbocycles. The maximum Gasteiger partial charge on any atom is 0.409 e. The Balaban J connectivity index is 1.59. The van der Waals surface area contributed by atoms with Crippen molar-refractivity contribution < 1.29 is 9.53 Å². The lowest BCUT2D eigenvalue weighted by Gasteiger charge is -2.33. The molecule has 110 valence electrons. The quantitative estimate of drug-likeness (QED) is 0.699. The number of hydrogen-bond acceptors (Lipinski definition) is 5. The maximum atomic E-state index is 11.9. The van der Waals surface area contributed by atoms with Crippen molar-refractivity contribution in [1.82, 2.24) is 19.6 Å². The van der Waals surface area contributed by atoms with Crippen molar-refractivity contribution in [3.05, 3.63) is 0 Å². The van der Waals surface area contributed by atoms with Gasteiger partial charge in [-0.15, -0.1) is 0 Å². The lowest BCUT2D eigenvalue weighted by molar-refractivity contribution is 0.0662. The maximum absolute atomic E-state index is 11.9. The van der Waals surface area contributed by atoms with Crippen LogP contribution in [0.5, 0.6) is 0 Å². The van der Waals surface area contributed by atoms with Crippen LogP contribution in [-0.2, 0) is 4.74 Å². The summed E-state index contributed by atoms with van der Waals surface area (Å²) in [6.45, 7) is 9.15. The van der Waals surface area contributed by atoms with Gasteiger partial charge in [-0.05, 0) is 14.1 Å². The normalized spacial score (nSPS) is 23.6. The van der Waals surface area contributed by atoms with Crippen molar-refractivity contribution in [2.45, 2.75) is 0 Å². The topological polar surface area (TPSA) is 39.3 Å². The van der Waals surface area contributed by atoms with Gasteiger partial charge in [0.2, 0.25) is 0 Å². The van der Waals surface area contributed by atoms with Gasteiger partial charge in [-0.2, -0.15) is 0 Å². The van der Waals surface area contributed by atoms with Crippen molar-refractivity contribution >= 4 is 6.09 Å². The van der Waals surface area contributed by atoms with Crippen LogP contribution in [0.25, 0.3) is 0 Å². The Hall–Kier alpha value is -0.850. The summed E-state index contributed by atoms with van der Waals surface area (Å²) >= 11 is 0. The van der Waals surface area contributed by atoms with Crippen LogP contribution in [0.2, 0.25) is 0 Å². The third-order valence-electron chi connectivity index (χ3n) is 3.99. The molecule has 0 aliphatic carbocycles. The van der Waals surface area contributed by atoms with E-state index in [-0.39, 0.29) is 6.09 Å². The number of carbonyl (C=O) groups excluding carboxylic acids is 1.